The van der Waals surface area contributed by atoms with E-state index in [2.05, 4.69) is 0 Å². The maximum Gasteiger partial charge on any atom is 0.597 e. The molecule has 0 heterocycles. The third-order valence-corrected chi connectivity index (χ3v) is 6.45. The zero-order valence-electron chi connectivity index (χ0n) is 13.5. The van der Waals surface area contributed by atoms with E-state index in [1.165, 1.54) is 0 Å². The largest absolute Gasteiger partial charge is 0.597 e. The van der Waals surface area contributed by atoms with Crippen molar-refractivity contribution in [3.63, 3.8) is 0 Å². The van der Waals surface area contributed by atoms with Crippen LogP contribution in [0, 0.1) is 0 Å². The Morgan fingerprint density at radius 2 is 1.04 bits per heavy atom. The Balaban J connectivity index is 1.61. The average molecular weight is 476 g/mol. The molecule has 0 aliphatic heterocycles. The molecule has 4 nitrogen and oxygen atoms in total. The van der Waals surface area contributed by atoms with Crippen LogP contribution in [-0.2, 0) is 7.42 Å². The quantitative estimate of drug-likeness (QED) is 0.232. The van der Waals surface area contributed by atoms with Gasteiger partial charge in [-0.1, -0.05) is 60.7 Å². The van der Waals surface area contributed by atoms with Crippen molar-refractivity contribution in [1.29, 1.82) is 0 Å². The van der Waals surface area contributed by atoms with Crippen LogP contribution < -0.4 is 9.05 Å². The van der Waals surface area contributed by atoms with E-state index in [-0.39, 0.29) is 0 Å². The van der Waals surface area contributed by atoms with Crippen molar-refractivity contribution in [3.05, 3.63) is 84.9 Å². The molecule has 130 valence electrons. The van der Waals surface area contributed by atoms with Crippen LogP contribution in [0.2, 0.25) is 0 Å². The van der Waals surface area contributed by atoms with Gasteiger partial charge in [0, 0.05) is 0 Å². The predicted octanol–water partition coefficient (Wildman–Crippen LogP) is 6.93. The average Bonchev–Trinajstić information content (AvgIpc) is 2.68. The maximum absolute atomic E-state index is 12.9. The highest BCUT2D eigenvalue weighted by Crippen LogP contribution is 2.51. The Bertz CT molecular complexity index is 1040. The molecule has 0 bridgehead atoms. The summed E-state index contributed by atoms with van der Waals surface area (Å²) < 4.78 is 29.1. The fourth-order valence-corrected chi connectivity index (χ4v) is 4.07. The van der Waals surface area contributed by atoms with Crippen molar-refractivity contribution in [3.8, 4) is 11.5 Å². The molecular formula is C20H14IO4P. The van der Waals surface area contributed by atoms with Crippen LogP contribution in [0.3, 0.4) is 0 Å². The van der Waals surface area contributed by atoms with Gasteiger partial charge in [0.15, 0.2) is 0 Å². The van der Waals surface area contributed by atoms with Crippen LogP contribution in [0.1, 0.15) is 0 Å². The third-order valence-electron chi connectivity index (χ3n) is 3.96. The first-order valence-corrected chi connectivity index (χ1v) is 10.3. The fraction of sp³-hybridized carbons (Fsp3) is 0. The molecule has 0 aliphatic rings. The fourth-order valence-electron chi connectivity index (χ4n) is 2.75. The van der Waals surface area contributed by atoms with Crippen molar-refractivity contribution >= 4 is 52.4 Å². The molecule has 0 radical (unpaired) electrons. The highest BCUT2D eigenvalue weighted by molar-refractivity contribution is 14.1. The van der Waals surface area contributed by atoms with E-state index in [9.17, 15) is 4.57 Å². The number of phosphoric acid groups is 1. The third kappa shape index (κ3) is 3.70. The molecule has 0 saturated carbocycles. The molecule has 0 fully saturated rings. The summed E-state index contributed by atoms with van der Waals surface area (Å²) in [6.07, 6.45) is 0. The summed E-state index contributed by atoms with van der Waals surface area (Å²) >= 11 is 1.54. The monoisotopic (exact) mass is 476 g/mol. The lowest BCUT2D eigenvalue weighted by Gasteiger charge is -2.16. The molecule has 26 heavy (non-hydrogen) atoms. The summed E-state index contributed by atoms with van der Waals surface area (Å²) in [4.78, 5) is 0. The van der Waals surface area contributed by atoms with Crippen LogP contribution in [0.15, 0.2) is 84.9 Å². The summed E-state index contributed by atoms with van der Waals surface area (Å²) in [5.74, 6) is 0.842. The van der Waals surface area contributed by atoms with E-state index in [0.717, 1.165) is 21.5 Å². The second-order valence-electron chi connectivity index (χ2n) is 5.72. The Morgan fingerprint density at radius 3 is 1.46 bits per heavy atom. The van der Waals surface area contributed by atoms with E-state index in [1.807, 2.05) is 60.7 Å². The number of phosphoric ester groups is 1. The molecule has 0 unspecified atom stereocenters. The molecule has 0 spiro atoms. The summed E-state index contributed by atoms with van der Waals surface area (Å²) in [6, 6.07) is 26.6. The van der Waals surface area contributed by atoms with Crippen LogP contribution >= 0.6 is 30.8 Å². The lowest BCUT2D eigenvalue weighted by molar-refractivity contribution is 0.326. The van der Waals surface area contributed by atoms with E-state index in [1.54, 1.807) is 47.3 Å². The van der Waals surface area contributed by atoms with Crippen molar-refractivity contribution in [2.45, 2.75) is 0 Å². The van der Waals surface area contributed by atoms with Crippen LogP contribution in [0.5, 0.6) is 11.5 Å². The van der Waals surface area contributed by atoms with Gasteiger partial charge in [0.2, 0.25) is 0 Å². The minimum atomic E-state index is -3.81. The first-order valence-electron chi connectivity index (χ1n) is 7.92. The summed E-state index contributed by atoms with van der Waals surface area (Å²) in [5, 5.41) is 4.10. The van der Waals surface area contributed by atoms with Gasteiger partial charge < -0.3 is 9.05 Å². The van der Waals surface area contributed by atoms with Gasteiger partial charge in [-0.25, -0.2) is 4.57 Å². The molecule has 0 aliphatic carbocycles. The van der Waals surface area contributed by atoms with Gasteiger partial charge in [-0.3, -0.25) is 0 Å². The van der Waals surface area contributed by atoms with Crippen LogP contribution in [0.4, 0.5) is 0 Å². The summed E-state index contributed by atoms with van der Waals surface area (Å²) in [7, 11) is -3.81. The van der Waals surface area contributed by atoms with E-state index in [0.29, 0.717) is 11.5 Å². The molecule has 0 atom stereocenters. The smallest absolute Gasteiger partial charge is 0.395 e. The highest BCUT2D eigenvalue weighted by atomic mass is 127. The Kier molecular flexibility index (Phi) is 4.85. The lowest BCUT2D eigenvalue weighted by atomic mass is 10.1. The van der Waals surface area contributed by atoms with E-state index in [4.69, 9.17) is 11.9 Å². The van der Waals surface area contributed by atoms with Gasteiger partial charge in [0.05, 0.1) is 0 Å². The molecule has 4 aromatic carbocycles. The van der Waals surface area contributed by atoms with E-state index < -0.39 is 7.82 Å². The summed E-state index contributed by atoms with van der Waals surface area (Å²) in [6.45, 7) is 0. The normalized spacial score (nSPS) is 11.6. The van der Waals surface area contributed by atoms with Gasteiger partial charge in [-0.2, -0.15) is 2.85 Å². The number of benzene rings is 4. The van der Waals surface area contributed by atoms with Gasteiger partial charge >= 0.3 is 7.82 Å². The maximum atomic E-state index is 12.9. The molecule has 6 heteroatoms. The van der Waals surface area contributed by atoms with Gasteiger partial charge in [0.1, 0.15) is 34.5 Å². The van der Waals surface area contributed by atoms with Crippen molar-refractivity contribution < 1.29 is 16.5 Å². The van der Waals surface area contributed by atoms with Crippen molar-refractivity contribution in [2.24, 2.45) is 0 Å². The van der Waals surface area contributed by atoms with Crippen molar-refractivity contribution in [2.75, 3.05) is 0 Å². The van der Waals surface area contributed by atoms with Crippen LogP contribution in [-0.4, -0.2) is 0 Å². The lowest BCUT2D eigenvalue weighted by Crippen LogP contribution is -2.00. The minimum absolute atomic E-state index is 0.421. The standard InChI is InChI=1S/C20H14IO4P/c21-25-26(22,23-19-11-9-15-5-1-3-7-17(15)13-19)24-20-12-10-16-6-2-4-8-18(16)14-20/h1-14H. The van der Waals surface area contributed by atoms with Gasteiger partial charge in [-0.15, -0.1) is 0 Å². The Morgan fingerprint density at radius 1 is 0.615 bits per heavy atom. The van der Waals surface area contributed by atoms with E-state index >= 15 is 0 Å². The molecule has 0 N–H and O–H groups in total. The number of hydrogen-bond acceptors (Lipinski definition) is 4. The number of fused-ring (bicyclic) bond motifs is 2. The Hall–Kier alpha value is -2.08. The first kappa shape index (κ1) is 17.3. The topological polar surface area (TPSA) is 44.8 Å². The van der Waals surface area contributed by atoms with Crippen LogP contribution in [0.25, 0.3) is 21.5 Å². The predicted molar refractivity (Wildman–Crippen MR) is 112 cm³/mol. The first-order chi connectivity index (χ1) is 12.6. The number of rotatable bonds is 5. The zero-order chi connectivity index (χ0) is 18.0. The van der Waals surface area contributed by atoms with Gasteiger partial charge in [-0.05, 0) is 45.8 Å². The zero-order valence-corrected chi connectivity index (χ0v) is 16.6. The number of halogens is 1. The van der Waals surface area contributed by atoms with Gasteiger partial charge in [0.25, 0.3) is 0 Å². The second kappa shape index (κ2) is 7.27. The molecule has 4 rings (SSSR count). The molecule has 0 amide bonds. The number of hydrogen-bond donors (Lipinski definition) is 0. The van der Waals surface area contributed by atoms with Crippen molar-refractivity contribution in [1.82, 2.24) is 0 Å². The molecule has 0 aromatic heterocycles. The highest BCUT2D eigenvalue weighted by Gasteiger charge is 2.30. The summed E-state index contributed by atoms with van der Waals surface area (Å²) in [5.41, 5.74) is 0. The minimum Gasteiger partial charge on any atom is -0.395 e. The Labute approximate surface area is 165 Å². The molecule has 4 aromatic rings. The SMILES string of the molecule is O=P(OI)(Oc1ccc2ccccc2c1)Oc1ccc2ccccc2c1. The second-order valence-corrected chi connectivity index (χ2v) is 8.30. The molecular weight excluding hydrogens is 462 g/mol. The molecule has 0 saturated heterocycles.